The van der Waals surface area contributed by atoms with Crippen LogP contribution in [0.15, 0.2) is 6.20 Å². The van der Waals surface area contributed by atoms with E-state index in [1.54, 1.807) is 0 Å². The van der Waals surface area contributed by atoms with Gasteiger partial charge in [-0.2, -0.15) is 5.10 Å². The molecule has 1 N–H and O–H groups in total. The van der Waals surface area contributed by atoms with E-state index >= 15 is 0 Å². The maximum atomic E-state index is 4.38. The second kappa shape index (κ2) is 5.67. The maximum Gasteiger partial charge on any atom is 0.0638 e. The van der Waals surface area contributed by atoms with Gasteiger partial charge in [-0.15, -0.1) is 0 Å². The molecule has 1 aliphatic rings. The van der Waals surface area contributed by atoms with Gasteiger partial charge in [-0.3, -0.25) is 4.68 Å². The van der Waals surface area contributed by atoms with Crippen LogP contribution in [0.5, 0.6) is 0 Å². The molecule has 0 saturated heterocycles. The van der Waals surface area contributed by atoms with E-state index in [1.807, 2.05) is 11.7 Å². The number of nitrogens with one attached hydrogen (secondary N) is 1. The van der Waals surface area contributed by atoms with Gasteiger partial charge in [0.2, 0.25) is 0 Å². The number of aryl methyl sites for hydroxylation is 2. The molecule has 1 saturated carbocycles. The van der Waals surface area contributed by atoms with Gasteiger partial charge < -0.3 is 5.32 Å². The van der Waals surface area contributed by atoms with Gasteiger partial charge in [-0.1, -0.05) is 19.3 Å². The Morgan fingerprint density at radius 2 is 2.12 bits per heavy atom. The molecule has 96 valence electrons. The predicted molar refractivity (Wildman–Crippen MR) is 70.8 cm³/mol. The van der Waals surface area contributed by atoms with Crippen molar-refractivity contribution in [2.24, 2.45) is 13.0 Å². The Kier molecular flexibility index (Phi) is 4.21. The first kappa shape index (κ1) is 12.6. The molecule has 1 aliphatic carbocycles. The van der Waals surface area contributed by atoms with Crippen molar-refractivity contribution in [3.63, 3.8) is 0 Å². The van der Waals surface area contributed by atoms with E-state index < -0.39 is 0 Å². The molecule has 1 heterocycles. The Bertz CT molecular complexity index is 350. The van der Waals surface area contributed by atoms with Crippen LogP contribution in [0.3, 0.4) is 0 Å². The molecule has 17 heavy (non-hydrogen) atoms. The summed E-state index contributed by atoms with van der Waals surface area (Å²) >= 11 is 0. The number of aromatic nitrogens is 2. The summed E-state index contributed by atoms with van der Waals surface area (Å²) in [5.74, 6) is 0.876. The summed E-state index contributed by atoms with van der Waals surface area (Å²) in [5, 5.41) is 8.05. The quantitative estimate of drug-likeness (QED) is 0.869. The van der Waals surface area contributed by atoms with Crippen LogP contribution in [0.2, 0.25) is 0 Å². The minimum atomic E-state index is 0.634. The van der Waals surface area contributed by atoms with Crippen molar-refractivity contribution in [3.8, 4) is 0 Å². The number of hydrogen-bond donors (Lipinski definition) is 1. The Balaban J connectivity index is 1.82. The lowest BCUT2D eigenvalue weighted by Crippen LogP contribution is -2.34. The summed E-state index contributed by atoms with van der Waals surface area (Å²) in [4.78, 5) is 0. The van der Waals surface area contributed by atoms with Gasteiger partial charge in [-0.25, -0.2) is 0 Å². The maximum absolute atomic E-state index is 4.38. The molecular formula is C14H25N3. The first-order valence-corrected chi connectivity index (χ1v) is 6.89. The minimum Gasteiger partial charge on any atom is -0.310 e. The molecule has 0 spiro atoms. The molecule has 0 amide bonds. The van der Waals surface area contributed by atoms with Crippen LogP contribution in [0, 0.1) is 12.8 Å². The highest BCUT2D eigenvalue weighted by Crippen LogP contribution is 2.26. The fraction of sp³-hybridized carbons (Fsp3) is 0.786. The molecule has 2 rings (SSSR count). The Hall–Kier alpha value is -0.830. The van der Waals surface area contributed by atoms with Crippen molar-refractivity contribution in [1.29, 1.82) is 0 Å². The van der Waals surface area contributed by atoms with Gasteiger partial charge in [-0.05, 0) is 32.6 Å². The van der Waals surface area contributed by atoms with Crippen LogP contribution in [0.4, 0.5) is 0 Å². The van der Waals surface area contributed by atoms with Crippen LogP contribution >= 0.6 is 0 Å². The average Bonchev–Trinajstić information content (AvgIpc) is 2.66. The highest BCUT2D eigenvalue weighted by molar-refractivity contribution is 5.14. The highest BCUT2D eigenvalue weighted by atomic mass is 15.2. The van der Waals surface area contributed by atoms with Crippen LogP contribution in [0.25, 0.3) is 0 Å². The summed E-state index contributed by atoms with van der Waals surface area (Å²) in [6.07, 6.45) is 9.20. The van der Waals surface area contributed by atoms with E-state index in [0.717, 1.165) is 18.2 Å². The van der Waals surface area contributed by atoms with E-state index in [0.29, 0.717) is 6.04 Å². The molecule has 0 radical (unpaired) electrons. The fourth-order valence-corrected chi connectivity index (χ4v) is 2.89. The smallest absolute Gasteiger partial charge is 0.0638 e. The minimum absolute atomic E-state index is 0.634. The number of rotatable bonds is 4. The molecule has 3 nitrogen and oxygen atoms in total. The average molecular weight is 235 g/mol. The van der Waals surface area contributed by atoms with Crippen LogP contribution < -0.4 is 5.32 Å². The van der Waals surface area contributed by atoms with Crippen molar-refractivity contribution < 1.29 is 0 Å². The third kappa shape index (κ3) is 3.32. The lowest BCUT2D eigenvalue weighted by atomic mass is 9.84. The monoisotopic (exact) mass is 235 g/mol. The molecule has 3 heteroatoms. The van der Waals surface area contributed by atoms with Crippen molar-refractivity contribution in [2.45, 2.75) is 58.5 Å². The lowest BCUT2D eigenvalue weighted by molar-refractivity contribution is 0.280. The van der Waals surface area contributed by atoms with E-state index in [1.165, 1.54) is 37.7 Å². The van der Waals surface area contributed by atoms with Crippen molar-refractivity contribution >= 4 is 0 Å². The molecule has 1 aromatic rings. The molecule has 0 aromatic carbocycles. The number of nitrogens with zero attached hydrogens (tertiary/aromatic N) is 2. The zero-order valence-electron chi connectivity index (χ0n) is 11.4. The van der Waals surface area contributed by atoms with Crippen LogP contribution in [-0.2, 0) is 13.6 Å². The highest BCUT2D eigenvalue weighted by Gasteiger charge is 2.19. The van der Waals surface area contributed by atoms with E-state index in [9.17, 15) is 0 Å². The van der Waals surface area contributed by atoms with Gasteiger partial charge >= 0.3 is 0 Å². The summed E-state index contributed by atoms with van der Waals surface area (Å²) in [5.41, 5.74) is 2.48. The first-order valence-electron chi connectivity index (χ1n) is 6.89. The van der Waals surface area contributed by atoms with Crippen LogP contribution in [0.1, 0.15) is 50.3 Å². The second-order valence-electron chi connectivity index (χ2n) is 5.48. The topological polar surface area (TPSA) is 29.9 Å². The standard InChI is InChI=1S/C14H25N3/c1-11(13-7-5-4-6-8-13)15-9-14-10-17(3)16-12(14)2/h10-11,13,15H,4-9H2,1-3H3. The molecule has 1 atom stereocenters. The van der Waals surface area contributed by atoms with Gasteiger partial charge in [0.1, 0.15) is 0 Å². The molecule has 0 bridgehead atoms. The summed E-state index contributed by atoms with van der Waals surface area (Å²) in [7, 11) is 1.99. The molecule has 0 aliphatic heterocycles. The predicted octanol–water partition coefficient (Wildman–Crippen LogP) is 2.79. The van der Waals surface area contributed by atoms with Crippen LogP contribution in [-0.4, -0.2) is 15.8 Å². The van der Waals surface area contributed by atoms with Gasteiger partial charge in [0.15, 0.2) is 0 Å². The van der Waals surface area contributed by atoms with Crippen molar-refractivity contribution in [2.75, 3.05) is 0 Å². The molecule has 1 fully saturated rings. The summed E-state index contributed by atoms with van der Waals surface area (Å²) < 4.78 is 1.90. The largest absolute Gasteiger partial charge is 0.310 e. The SMILES string of the molecule is Cc1nn(C)cc1CNC(C)C1CCCCC1. The third-order valence-electron chi connectivity index (χ3n) is 4.09. The van der Waals surface area contributed by atoms with Gasteiger partial charge in [0, 0.05) is 31.4 Å². The zero-order chi connectivity index (χ0) is 12.3. The first-order chi connectivity index (χ1) is 8.16. The van der Waals surface area contributed by atoms with E-state index in [4.69, 9.17) is 0 Å². The van der Waals surface area contributed by atoms with Crippen molar-refractivity contribution in [1.82, 2.24) is 15.1 Å². The molecular weight excluding hydrogens is 210 g/mol. The Labute approximate surface area is 105 Å². The fourth-order valence-electron chi connectivity index (χ4n) is 2.89. The normalized spacial score (nSPS) is 19.5. The summed E-state index contributed by atoms with van der Waals surface area (Å²) in [6.45, 7) is 5.38. The second-order valence-corrected chi connectivity index (χ2v) is 5.48. The van der Waals surface area contributed by atoms with E-state index in [2.05, 4.69) is 30.5 Å². The van der Waals surface area contributed by atoms with Crippen molar-refractivity contribution in [3.05, 3.63) is 17.5 Å². The Morgan fingerprint density at radius 3 is 2.71 bits per heavy atom. The molecule has 1 unspecified atom stereocenters. The van der Waals surface area contributed by atoms with Gasteiger partial charge in [0.05, 0.1) is 5.69 Å². The summed E-state index contributed by atoms with van der Waals surface area (Å²) in [6, 6.07) is 0.634. The molecule has 1 aromatic heterocycles. The van der Waals surface area contributed by atoms with Gasteiger partial charge in [0.25, 0.3) is 0 Å². The van der Waals surface area contributed by atoms with E-state index in [-0.39, 0.29) is 0 Å². The zero-order valence-corrected chi connectivity index (χ0v) is 11.4. The lowest BCUT2D eigenvalue weighted by Gasteiger charge is -2.28. The third-order valence-corrected chi connectivity index (χ3v) is 4.09. The number of hydrogen-bond acceptors (Lipinski definition) is 2. The Morgan fingerprint density at radius 1 is 1.41 bits per heavy atom.